The van der Waals surface area contributed by atoms with Crippen molar-refractivity contribution in [1.29, 1.82) is 0 Å². The Labute approximate surface area is 139 Å². The SMILES string of the molecule is COP(=O)(OC)C(NC(=O)OCc1ccccc1)C(=O)[O-].[Li+]. The minimum absolute atomic E-state index is 0. The third-order valence-corrected chi connectivity index (χ3v) is 4.51. The van der Waals surface area contributed by atoms with Crippen LogP contribution < -0.4 is 29.3 Å². The molecule has 0 heterocycles. The van der Waals surface area contributed by atoms with E-state index in [-0.39, 0.29) is 25.5 Å². The fraction of sp³-hybridized carbons (Fsp3) is 0.333. The first-order valence-corrected chi connectivity index (χ1v) is 7.43. The van der Waals surface area contributed by atoms with Crippen molar-refractivity contribution in [1.82, 2.24) is 5.32 Å². The van der Waals surface area contributed by atoms with Gasteiger partial charge in [0.1, 0.15) is 6.61 Å². The van der Waals surface area contributed by atoms with Crippen LogP contribution in [0.3, 0.4) is 0 Å². The molecule has 0 bridgehead atoms. The Hall–Kier alpha value is -1.29. The van der Waals surface area contributed by atoms with Crippen LogP contribution in [0.1, 0.15) is 5.56 Å². The Balaban J connectivity index is 0.00000441. The van der Waals surface area contributed by atoms with Gasteiger partial charge in [0.25, 0.3) is 0 Å². The number of amides is 1. The zero-order valence-electron chi connectivity index (χ0n) is 12.5. The molecule has 0 aliphatic carbocycles. The van der Waals surface area contributed by atoms with E-state index in [1.165, 1.54) is 0 Å². The van der Waals surface area contributed by atoms with Crippen molar-refractivity contribution in [2.45, 2.75) is 12.4 Å². The molecule has 1 N–H and O–H groups in total. The predicted octanol–water partition coefficient (Wildman–Crippen LogP) is -2.52. The van der Waals surface area contributed by atoms with Gasteiger partial charge in [0, 0.05) is 14.2 Å². The normalized spacial score (nSPS) is 11.9. The van der Waals surface area contributed by atoms with Gasteiger partial charge in [-0.15, -0.1) is 0 Å². The van der Waals surface area contributed by atoms with Gasteiger partial charge in [-0.05, 0) is 5.56 Å². The summed E-state index contributed by atoms with van der Waals surface area (Å²) >= 11 is 0. The van der Waals surface area contributed by atoms with Crippen LogP contribution in [0.4, 0.5) is 4.79 Å². The fourth-order valence-corrected chi connectivity index (χ4v) is 2.52. The van der Waals surface area contributed by atoms with Crippen LogP contribution in [0.15, 0.2) is 30.3 Å². The van der Waals surface area contributed by atoms with Crippen molar-refractivity contribution in [3.63, 3.8) is 0 Å². The monoisotopic (exact) mass is 323 g/mol. The average Bonchev–Trinajstić information content (AvgIpc) is 2.50. The molecule has 8 nitrogen and oxygen atoms in total. The maximum absolute atomic E-state index is 12.0. The summed E-state index contributed by atoms with van der Waals surface area (Å²) in [6, 6.07) is 8.75. The Morgan fingerprint density at radius 3 is 2.23 bits per heavy atom. The van der Waals surface area contributed by atoms with Crippen LogP contribution >= 0.6 is 7.60 Å². The zero-order valence-corrected chi connectivity index (χ0v) is 13.4. The number of carboxylic acids is 1. The van der Waals surface area contributed by atoms with Gasteiger partial charge in [0.05, 0.1) is 5.97 Å². The molecule has 0 aliphatic rings. The van der Waals surface area contributed by atoms with Crippen LogP contribution in [-0.2, 0) is 29.8 Å². The van der Waals surface area contributed by atoms with Gasteiger partial charge in [-0.3, -0.25) is 4.57 Å². The molecule has 1 aromatic rings. The van der Waals surface area contributed by atoms with E-state index in [0.717, 1.165) is 14.2 Å². The minimum Gasteiger partial charge on any atom is -0.547 e. The second kappa shape index (κ2) is 9.67. The molecule has 22 heavy (non-hydrogen) atoms. The van der Waals surface area contributed by atoms with Gasteiger partial charge in [-0.1, -0.05) is 30.3 Å². The molecule has 0 fully saturated rings. The second-order valence-corrected chi connectivity index (χ2v) is 6.16. The molecule has 1 atom stereocenters. The third kappa shape index (κ3) is 5.83. The molecule has 1 amide bonds. The standard InChI is InChI=1S/C12H16NO7P.Li/c1-18-21(17,19-2)10(11(14)15)13-12(16)20-8-9-6-4-3-5-7-9;/h3-7,10H,8H2,1-2H3,(H,13,16)(H,14,15);/q;+1/p-1. The summed E-state index contributed by atoms with van der Waals surface area (Å²) in [5.74, 6) is -3.77. The number of nitrogens with one attached hydrogen (secondary N) is 1. The van der Waals surface area contributed by atoms with Crippen molar-refractivity contribution in [3.05, 3.63) is 35.9 Å². The van der Waals surface area contributed by atoms with Gasteiger partial charge < -0.3 is 29.0 Å². The van der Waals surface area contributed by atoms with Crippen molar-refractivity contribution < 1.29 is 51.9 Å². The molecule has 0 radical (unpaired) electrons. The van der Waals surface area contributed by atoms with E-state index in [1.54, 1.807) is 30.3 Å². The number of benzene rings is 1. The van der Waals surface area contributed by atoms with E-state index in [1.807, 2.05) is 5.32 Å². The number of aliphatic carboxylic acids is 1. The number of carbonyl (C=O) groups excluding carboxylic acids is 2. The summed E-state index contributed by atoms with van der Waals surface area (Å²) in [7, 11) is -2.08. The van der Waals surface area contributed by atoms with E-state index in [0.29, 0.717) is 5.56 Å². The number of ether oxygens (including phenoxy) is 1. The van der Waals surface area contributed by atoms with Crippen LogP contribution in [0, 0.1) is 0 Å². The first-order chi connectivity index (χ1) is 9.92. The van der Waals surface area contributed by atoms with Crippen molar-refractivity contribution in [3.8, 4) is 0 Å². The molecule has 1 aromatic carbocycles. The summed E-state index contributed by atoms with van der Waals surface area (Å²) in [4.78, 5) is 22.5. The van der Waals surface area contributed by atoms with Crippen LogP contribution in [-0.4, -0.2) is 32.1 Å². The van der Waals surface area contributed by atoms with E-state index >= 15 is 0 Å². The first-order valence-electron chi connectivity index (χ1n) is 5.82. The van der Waals surface area contributed by atoms with Gasteiger partial charge in [0.2, 0.25) is 0 Å². The molecule has 1 unspecified atom stereocenters. The summed E-state index contributed by atoms with van der Waals surface area (Å²) in [5.41, 5.74) is 0.708. The quantitative estimate of drug-likeness (QED) is 0.435. The fourth-order valence-electron chi connectivity index (χ4n) is 1.43. The maximum atomic E-state index is 12.0. The summed E-state index contributed by atoms with van der Waals surface area (Å²) in [5, 5.41) is 12.9. The van der Waals surface area contributed by atoms with Gasteiger partial charge in [-0.2, -0.15) is 0 Å². The van der Waals surface area contributed by atoms with E-state index < -0.39 is 25.4 Å². The molecule has 1 rings (SSSR count). The van der Waals surface area contributed by atoms with Crippen molar-refractivity contribution >= 4 is 19.7 Å². The van der Waals surface area contributed by atoms with Gasteiger partial charge in [-0.25, -0.2) is 4.79 Å². The maximum Gasteiger partial charge on any atom is 1.00 e. The third-order valence-electron chi connectivity index (χ3n) is 2.52. The molecule has 0 saturated heterocycles. The smallest absolute Gasteiger partial charge is 0.547 e. The molecule has 116 valence electrons. The molecular weight excluding hydrogens is 308 g/mol. The van der Waals surface area contributed by atoms with E-state index in [4.69, 9.17) is 4.74 Å². The largest absolute Gasteiger partial charge is 1.00 e. The summed E-state index contributed by atoms with van der Waals surface area (Å²) in [6.45, 7) is -0.0727. The number of hydrogen-bond donors (Lipinski definition) is 1. The van der Waals surface area contributed by atoms with Crippen molar-refractivity contribution in [2.75, 3.05) is 14.2 Å². The topological polar surface area (TPSA) is 114 Å². The predicted molar refractivity (Wildman–Crippen MR) is 70.2 cm³/mol. The number of carboxylic acid groups (broad SMARTS) is 1. The second-order valence-electron chi connectivity index (χ2n) is 3.83. The number of hydrogen-bond acceptors (Lipinski definition) is 7. The Kier molecular flexibility index (Phi) is 9.10. The Morgan fingerprint density at radius 2 is 1.77 bits per heavy atom. The summed E-state index contributed by atoms with van der Waals surface area (Å²) in [6.07, 6.45) is -1.08. The molecule has 0 aliphatic heterocycles. The molecule has 0 spiro atoms. The van der Waals surface area contributed by atoms with Crippen LogP contribution in [0.5, 0.6) is 0 Å². The molecule has 0 aromatic heterocycles. The van der Waals surface area contributed by atoms with Gasteiger partial charge >= 0.3 is 32.5 Å². The molecule has 0 saturated carbocycles. The molecular formula is C12H15LiNO7P. The van der Waals surface area contributed by atoms with E-state index in [2.05, 4.69) is 9.05 Å². The minimum atomic E-state index is -4.07. The number of carbonyl (C=O) groups is 2. The van der Waals surface area contributed by atoms with Crippen LogP contribution in [0.2, 0.25) is 0 Å². The summed E-state index contributed by atoms with van der Waals surface area (Å²) < 4.78 is 25.8. The van der Waals surface area contributed by atoms with Crippen LogP contribution in [0.25, 0.3) is 0 Å². The van der Waals surface area contributed by atoms with E-state index in [9.17, 15) is 19.3 Å². The number of rotatable bonds is 7. The van der Waals surface area contributed by atoms with Gasteiger partial charge in [0.15, 0.2) is 5.78 Å². The van der Waals surface area contributed by atoms with Crippen molar-refractivity contribution in [2.24, 2.45) is 0 Å². The Morgan fingerprint density at radius 1 is 1.23 bits per heavy atom. The average molecular weight is 323 g/mol. The zero-order chi connectivity index (χ0) is 15.9. The Bertz CT molecular complexity index is 532. The number of alkyl carbamates (subject to hydrolysis) is 1. The first kappa shape index (κ1) is 20.7. The molecule has 10 heteroatoms.